The Morgan fingerprint density at radius 2 is 1.91 bits per heavy atom. The molecule has 0 spiro atoms. The van der Waals surface area contributed by atoms with E-state index in [2.05, 4.69) is 16.9 Å². The molecule has 1 saturated heterocycles. The Kier molecular flexibility index (Phi) is 5.40. The van der Waals surface area contributed by atoms with Gasteiger partial charge < -0.3 is 14.2 Å². The number of piperazine rings is 1. The first kappa shape index (κ1) is 21.6. The molecule has 1 aliphatic heterocycles. The molecule has 5 rings (SSSR count). The number of carbonyl (C=O) groups is 1. The molecular formula is C24H26ClN5O3. The van der Waals surface area contributed by atoms with Gasteiger partial charge >= 0.3 is 0 Å². The smallest absolute Gasteiger partial charge is 0.291 e. The molecule has 0 saturated carbocycles. The predicted molar refractivity (Wildman–Crippen MR) is 128 cm³/mol. The van der Waals surface area contributed by atoms with Crippen molar-refractivity contribution in [1.29, 1.82) is 0 Å². The molecule has 3 aromatic heterocycles. The van der Waals surface area contributed by atoms with Gasteiger partial charge in [0, 0.05) is 55.4 Å². The second-order valence-corrected chi connectivity index (χ2v) is 8.91. The van der Waals surface area contributed by atoms with Crippen LogP contribution in [0.3, 0.4) is 0 Å². The average Bonchev–Trinajstić information content (AvgIpc) is 3.42. The molecule has 0 aliphatic carbocycles. The van der Waals surface area contributed by atoms with Crippen LogP contribution in [0.1, 0.15) is 31.3 Å². The molecule has 8 nitrogen and oxygen atoms in total. The van der Waals surface area contributed by atoms with Crippen LogP contribution < -0.4 is 10.5 Å². The Morgan fingerprint density at radius 3 is 2.64 bits per heavy atom. The maximum Gasteiger partial charge on any atom is 0.291 e. The van der Waals surface area contributed by atoms with E-state index >= 15 is 0 Å². The lowest BCUT2D eigenvalue weighted by atomic mass is 10.1. The predicted octanol–water partition coefficient (Wildman–Crippen LogP) is 3.68. The topological polar surface area (TPSA) is 76.0 Å². The van der Waals surface area contributed by atoms with E-state index in [1.807, 2.05) is 40.5 Å². The van der Waals surface area contributed by atoms with Gasteiger partial charge in [0.25, 0.3) is 5.56 Å². The Labute approximate surface area is 195 Å². The van der Waals surface area contributed by atoms with Crippen LogP contribution in [0.2, 0.25) is 5.02 Å². The Morgan fingerprint density at radius 1 is 1.15 bits per heavy atom. The SMILES string of the molecule is CCc1nn(C(C)C(=O)N2CCN(c3cc(Cl)ccc3C)CC2)c(=O)c2cc3occc3n12. The molecule has 1 fully saturated rings. The number of rotatable bonds is 4. The van der Waals surface area contributed by atoms with E-state index < -0.39 is 6.04 Å². The summed E-state index contributed by atoms with van der Waals surface area (Å²) in [7, 11) is 0. The van der Waals surface area contributed by atoms with E-state index in [1.54, 1.807) is 19.3 Å². The average molecular weight is 468 g/mol. The van der Waals surface area contributed by atoms with Crippen LogP contribution in [0.25, 0.3) is 16.6 Å². The van der Waals surface area contributed by atoms with E-state index in [0.29, 0.717) is 54.5 Å². The zero-order valence-corrected chi connectivity index (χ0v) is 19.7. The van der Waals surface area contributed by atoms with Gasteiger partial charge in [-0.05, 0) is 31.5 Å². The van der Waals surface area contributed by atoms with Crippen LogP contribution in [0, 0.1) is 6.92 Å². The third-order valence-electron chi connectivity index (χ3n) is 6.48. The number of nitrogens with zero attached hydrogens (tertiary/aromatic N) is 5. The number of aryl methyl sites for hydroxylation is 2. The van der Waals surface area contributed by atoms with E-state index in [1.165, 1.54) is 4.68 Å². The standard InChI is InChI=1S/C24H26ClN5O3/c1-4-22-26-30(24(32)20-14-21-18(29(20)22)7-12-33-21)16(3)23(31)28-10-8-27(9-11-28)19-13-17(25)6-5-15(19)2/h5-7,12-14,16H,4,8-11H2,1-3H3. The maximum absolute atomic E-state index is 13.3. The van der Waals surface area contributed by atoms with Crippen LogP contribution in [0.5, 0.6) is 0 Å². The summed E-state index contributed by atoms with van der Waals surface area (Å²) in [6, 6.07) is 8.70. The van der Waals surface area contributed by atoms with Crippen LogP contribution in [-0.2, 0) is 11.2 Å². The normalized spacial score (nSPS) is 15.5. The molecule has 0 radical (unpaired) electrons. The van der Waals surface area contributed by atoms with Crippen molar-refractivity contribution in [2.24, 2.45) is 0 Å². The molecule has 0 N–H and O–H groups in total. The molecule has 1 unspecified atom stereocenters. The zero-order valence-electron chi connectivity index (χ0n) is 18.9. The molecule has 4 heterocycles. The van der Waals surface area contributed by atoms with Crippen molar-refractivity contribution in [2.45, 2.75) is 33.2 Å². The molecule has 0 bridgehead atoms. The Balaban J connectivity index is 1.39. The molecule has 4 aromatic rings. The first-order valence-corrected chi connectivity index (χ1v) is 11.6. The largest absolute Gasteiger partial charge is 0.463 e. The second-order valence-electron chi connectivity index (χ2n) is 8.47. The van der Waals surface area contributed by atoms with E-state index in [4.69, 9.17) is 16.0 Å². The maximum atomic E-state index is 13.3. The highest BCUT2D eigenvalue weighted by atomic mass is 35.5. The van der Waals surface area contributed by atoms with Gasteiger partial charge in [-0.25, -0.2) is 4.68 Å². The minimum Gasteiger partial charge on any atom is -0.463 e. The fraction of sp³-hybridized carbons (Fsp3) is 0.375. The van der Waals surface area contributed by atoms with Crippen molar-refractivity contribution < 1.29 is 9.21 Å². The van der Waals surface area contributed by atoms with Gasteiger partial charge in [-0.3, -0.25) is 14.0 Å². The fourth-order valence-corrected chi connectivity index (χ4v) is 4.81. The third kappa shape index (κ3) is 3.58. The van der Waals surface area contributed by atoms with Crippen molar-refractivity contribution >= 4 is 39.8 Å². The van der Waals surface area contributed by atoms with E-state index in [9.17, 15) is 9.59 Å². The Bertz CT molecular complexity index is 1410. The first-order chi connectivity index (χ1) is 15.9. The number of anilines is 1. The number of carbonyl (C=O) groups excluding carboxylic acids is 1. The number of furan rings is 1. The molecule has 1 atom stereocenters. The van der Waals surface area contributed by atoms with Crippen molar-refractivity contribution in [1.82, 2.24) is 19.1 Å². The number of aromatic nitrogens is 3. The molecule has 1 aliphatic rings. The summed E-state index contributed by atoms with van der Waals surface area (Å²) in [5, 5.41) is 5.27. The van der Waals surface area contributed by atoms with Crippen molar-refractivity contribution in [3.63, 3.8) is 0 Å². The number of halogens is 1. The number of benzene rings is 1. The number of hydrogen-bond donors (Lipinski definition) is 0. The monoisotopic (exact) mass is 467 g/mol. The first-order valence-electron chi connectivity index (χ1n) is 11.2. The molecule has 1 aromatic carbocycles. The molecular weight excluding hydrogens is 442 g/mol. The third-order valence-corrected chi connectivity index (χ3v) is 6.71. The lowest BCUT2D eigenvalue weighted by Crippen LogP contribution is -2.51. The summed E-state index contributed by atoms with van der Waals surface area (Å²) in [6.07, 6.45) is 2.21. The Hall–Kier alpha value is -3.26. The van der Waals surface area contributed by atoms with E-state index in [-0.39, 0.29) is 11.5 Å². The highest BCUT2D eigenvalue weighted by Gasteiger charge is 2.29. The number of hydrogen-bond acceptors (Lipinski definition) is 5. The molecule has 1 amide bonds. The highest BCUT2D eigenvalue weighted by Crippen LogP contribution is 2.26. The van der Waals surface area contributed by atoms with Gasteiger partial charge in [0.2, 0.25) is 5.91 Å². The molecule has 33 heavy (non-hydrogen) atoms. The summed E-state index contributed by atoms with van der Waals surface area (Å²) in [5.74, 6) is 0.607. The molecule has 172 valence electrons. The van der Waals surface area contributed by atoms with Crippen LogP contribution in [0.15, 0.2) is 45.8 Å². The number of amides is 1. The second kappa shape index (κ2) is 8.26. The van der Waals surface area contributed by atoms with Crippen LogP contribution in [-0.4, -0.2) is 51.2 Å². The van der Waals surface area contributed by atoms with Gasteiger partial charge in [0.1, 0.15) is 17.4 Å². The minimum absolute atomic E-state index is 0.103. The zero-order chi connectivity index (χ0) is 23.3. The van der Waals surface area contributed by atoms with Gasteiger partial charge in [-0.15, -0.1) is 0 Å². The summed E-state index contributed by atoms with van der Waals surface area (Å²) >= 11 is 6.19. The van der Waals surface area contributed by atoms with Gasteiger partial charge in [0.05, 0.1) is 11.8 Å². The van der Waals surface area contributed by atoms with Crippen molar-refractivity contribution in [3.8, 4) is 0 Å². The van der Waals surface area contributed by atoms with Gasteiger partial charge in [-0.2, -0.15) is 5.10 Å². The van der Waals surface area contributed by atoms with Crippen molar-refractivity contribution in [2.75, 3.05) is 31.1 Å². The summed E-state index contributed by atoms with van der Waals surface area (Å²) in [4.78, 5) is 30.6. The highest BCUT2D eigenvalue weighted by molar-refractivity contribution is 6.30. The fourth-order valence-electron chi connectivity index (χ4n) is 4.64. The summed E-state index contributed by atoms with van der Waals surface area (Å²) in [5.41, 5.74) is 3.86. The summed E-state index contributed by atoms with van der Waals surface area (Å²) < 4.78 is 8.62. The van der Waals surface area contributed by atoms with Crippen molar-refractivity contribution in [3.05, 3.63) is 63.4 Å². The quantitative estimate of drug-likeness (QED) is 0.457. The number of fused-ring (bicyclic) bond motifs is 3. The molecule has 9 heteroatoms. The summed E-state index contributed by atoms with van der Waals surface area (Å²) in [6.45, 7) is 8.34. The van der Waals surface area contributed by atoms with Crippen LogP contribution in [0.4, 0.5) is 5.69 Å². The van der Waals surface area contributed by atoms with Gasteiger partial charge in [0.15, 0.2) is 5.58 Å². The lowest BCUT2D eigenvalue weighted by Gasteiger charge is -2.37. The van der Waals surface area contributed by atoms with Crippen LogP contribution >= 0.6 is 11.6 Å². The van der Waals surface area contributed by atoms with E-state index in [0.717, 1.165) is 16.8 Å². The lowest BCUT2D eigenvalue weighted by molar-refractivity contribution is -0.135. The van der Waals surface area contributed by atoms with Gasteiger partial charge in [-0.1, -0.05) is 24.6 Å². The minimum atomic E-state index is -0.701.